The summed E-state index contributed by atoms with van der Waals surface area (Å²) < 4.78 is 6.22. The van der Waals surface area contributed by atoms with E-state index in [0.29, 0.717) is 11.7 Å². The van der Waals surface area contributed by atoms with E-state index >= 15 is 0 Å². The Morgan fingerprint density at radius 1 is 1.18 bits per heavy atom. The molecular weight excluding hydrogens is 278 g/mol. The van der Waals surface area contributed by atoms with E-state index in [-0.39, 0.29) is 16.2 Å². The average molecular weight is 301 g/mol. The molecule has 0 unspecified atom stereocenters. The van der Waals surface area contributed by atoms with Crippen molar-refractivity contribution in [3.8, 4) is 5.75 Å². The normalized spacial score (nSPS) is 22.0. The van der Waals surface area contributed by atoms with E-state index in [9.17, 15) is 10.1 Å². The molecule has 0 saturated heterocycles. The Kier molecular flexibility index (Phi) is 3.71. The van der Waals surface area contributed by atoms with Gasteiger partial charge in [-0.05, 0) is 64.5 Å². The van der Waals surface area contributed by atoms with Gasteiger partial charge < -0.3 is 4.74 Å². The number of nitro benzene ring substituents is 1. The number of hydrogen-bond donors (Lipinski definition) is 0. The molecule has 3 rings (SSSR count). The molecule has 1 fully saturated rings. The standard InChI is InChI=1S/C18H23NO3/c1-12-4-11-16(17(12)13-5-6-13)18(2,3)22-15-9-7-14(8-10-15)19(20)21/h7-10,13,16H,4-6,11H2,1-3H3/t16-/m0/s1. The predicted octanol–water partition coefficient (Wildman–Crippen LogP) is 4.89. The van der Waals surface area contributed by atoms with Crippen LogP contribution in [0.5, 0.6) is 5.75 Å². The van der Waals surface area contributed by atoms with E-state index in [0.717, 1.165) is 12.3 Å². The molecule has 1 saturated carbocycles. The van der Waals surface area contributed by atoms with Crippen molar-refractivity contribution in [2.75, 3.05) is 0 Å². The minimum absolute atomic E-state index is 0.0976. The molecule has 1 atom stereocenters. The molecule has 22 heavy (non-hydrogen) atoms. The van der Waals surface area contributed by atoms with Gasteiger partial charge in [-0.3, -0.25) is 10.1 Å². The first-order valence-corrected chi connectivity index (χ1v) is 8.01. The van der Waals surface area contributed by atoms with Crippen LogP contribution in [0.4, 0.5) is 5.69 Å². The van der Waals surface area contributed by atoms with Crippen molar-refractivity contribution in [2.24, 2.45) is 11.8 Å². The second-order valence-electron chi connectivity index (χ2n) is 7.06. The lowest BCUT2D eigenvalue weighted by atomic mass is 9.83. The van der Waals surface area contributed by atoms with Gasteiger partial charge >= 0.3 is 0 Å². The Morgan fingerprint density at radius 3 is 2.36 bits per heavy atom. The highest BCUT2D eigenvalue weighted by molar-refractivity contribution is 5.37. The zero-order valence-electron chi connectivity index (χ0n) is 13.5. The highest BCUT2D eigenvalue weighted by atomic mass is 16.6. The summed E-state index contributed by atoms with van der Waals surface area (Å²) in [6, 6.07) is 6.40. The molecular formula is C18H23NO3. The van der Waals surface area contributed by atoms with Crippen LogP contribution in [0, 0.1) is 22.0 Å². The third kappa shape index (κ3) is 2.87. The molecule has 1 aromatic rings. The summed E-state index contributed by atoms with van der Waals surface area (Å²) in [7, 11) is 0. The molecule has 1 aromatic carbocycles. The quantitative estimate of drug-likeness (QED) is 0.442. The Hall–Kier alpha value is -1.84. The summed E-state index contributed by atoms with van der Waals surface area (Å²) in [5.74, 6) is 1.93. The lowest BCUT2D eigenvalue weighted by Gasteiger charge is -2.35. The van der Waals surface area contributed by atoms with E-state index in [1.165, 1.54) is 31.4 Å². The average Bonchev–Trinajstić information content (AvgIpc) is 3.21. The number of nitro groups is 1. The lowest BCUT2D eigenvalue weighted by Crippen LogP contribution is -2.38. The van der Waals surface area contributed by atoms with Crippen LogP contribution in [0.3, 0.4) is 0 Å². The minimum atomic E-state index is -0.386. The van der Waals surface area contributed by atoms with E-state index in [1.807, 2.05) is 0 Å². The van der Waals surface area contributed by atoms with Crippen LogP contribution in [0.25, 0.3) is 0 Å². The molecule has 2 aliphatic rings. The number of allylic oxidation sites excluding steroid dienone is 1. The number of benzene rings is 1. The van der Waals surface area contributed by atoms with Crippen molar-refractivity contribution < 1.29 is 9.66 Å². The molecule has 0 N–H and O–H groups in total. The molecule has 0 heterocycles. The molecule has 2 aliphatic carbocycles. The summed E-state index contributed by atoms with van der Waals surface area (Å²) in [5.41, 5.74) is 2.98. The first kappa shape index (κ1) is 15.1. The van der Waals surface area contributed by atoms with Crippen LogP contribution in [0.1, 0.15) is 46.5 Å². The lowest BCUT2D eigenvalue weighted by molar-refractivity contribution is -0.384. The van der Waals surface area contributed by atoms with Crippen molar-refractivity contribution in [3.63, 3.8) is 0 Å². The second kappa shape index (κ2) is 5.41. The molecule has 0 aromatic heterocycles. The van der Waals surface area contributed by atoms with Crippen LogP contribution < -0.4 is 4.74 Å². The van der Waals surface area contributed by atoms with Crippen LogP contribution in [-0.2, 0) is 0 Å². The number of nitrogens with zero attached hydrogens (tertiary/aromatic N) is 1. The molecule has 0 radical (unpaired) electrons. The van der Waals surface area contributed by atoms with Gasteiger partial charge in [0.05, 0.1) is 4.92 Å². The van der Waals surface area contributed by atoms with Crippen LogP contribution in [-0.4, -0.2) is 10.5 Å². The molecule has 0 amide bonds. The first-order valence-electron chi connectivity index (χ1n) is 8.01. The van der Waals surface area contributed by atoms with Gasteiger partial charge in [-0.2, -0.15) is 0 Å². The van der Waals surface area contributed by atoms with Gasteiger partial charge in [0.15, 0.2) is 0 Å². The zero-order chi connectivity index (χ0) is 15.9. The Balaban J connectivity index is 1.77. The monoisotopic (exact) mass is 301 g/mol. The first-order chi connectivity index (χ1) is 10.4. The van der Waals surface area contributed by atoms with Gasteiger partial charge in [0.2, 0.25) is 0 Å². The number of rotatable bonds is 5. The zero-order valence-corrected chi connectivity index (χ0v) is 13.5. The Morgan fingerprint density at radius 2 is 1.82 bits per heavy atom. The van der Waals surface area contributed by atoms with Crippen LogP contribution >= 0.6 is 0 Å². The fraction of sp³-hybridized carbons (Fsp3) is 0.556. The summed E-state index contributed by atoms with van der Waals surface area (Å²) in [6.07, 6.45) is 4.95. The largest absolute Gasteiger partial charge is 0.487 e. The topological polar surface area (TPSA) is 52.4 Å². The van der Waals surface area contributed by atoms with Gasteiger partial charge in [0.1, 0.15) is 11.4 Å². The molecule has 0 bridgehead atoms. The van der Waals surface area contributed by atoms with Gasteiger partial charge in [-0.25, -0.2) is 0 Å². The predicted molar refractivity (Wildman–Crippen MR) is 86.0 cm³/mol. The third-order valence-electron chi connectivity index (χ3n) is 4.96. The highest BCUT2D eigenvalue weighted by Crippen LogP contribution is 2.51. The second-order valence-corrected chi connectivity index (χ2v) is 7.06. The minimum Gasteiger partial charge on any atom is -0.487 e. The van der Waals surface area contributed by atoms with E-state index in [1.54, 1.807) is 23.3 Å². The molecule has 118 valence electrons. The maximum absolute atomic E-state index is 10.7. The van der Waals surface area contributed by atoms with E-state index in [2.05, 4.69) is 20.8 Å². The summed E-state index contributed by atoms with van der Waals surface area (Å²) in [4.78, 5) is 10.3. The fourth-order valence-corrected chi connectivity index (χ4v) is 3.72. The van der Waals surface area contributed by atoms with Gasteiger partial charge in [-0.15, -0.1) is 0 Å². The molecule has 4 heteroatoms. The third-order valence-corrected chi connectivity index (χ3v) is 4.96. The Labute approximate surface area is 131 Å². The fourth-order valence-electron chi connectivity index (χ4n) is 3.72. The van der Waals surface area contributed by atoms with Crippen molar-refractivity contribution in [2.45, 2.75) is 52.1 Å². The van der Waals surface area contributed by atoms with Gasteiger partial charge in [0, 0.05) is 18.1 Å². The number of hydrogen-bond acceptors (Lipinski definition) is 3. The number of ether oxygens (including phenoxy) is 1. The van der Waals surface area contributed by atoms with E-state index < -0.39 is 0 Å². The van der Waals surface area contributed by atoms with Crippen molar-refractivity contribution in [1.29, 1.82) is 0 Å². The Bertz CT molecular complexity index is 612. The summed E-state index contributed by atoms with van der Waals surface area (Å²) in [5, 5.41) is 10.7. The summed E-state index contributed by atoms with van der Waals surface area (Å²) >= 11 is 0. The van der Waals surface area contributed by atoms with Gasteiger partial charge in [0.25, 0.3) is 5.69 Å². The van der Waals surface area contributed by atoms with Crippen LogP contribution in [0.15, 0.2) is 35.4 Å². The maximum Gasteiger partial charge on any atom is 0.269 e. The van der Waals surface area contributed by atoms with Crippen LogP contribution in [0.2, 0.25) is 0 Å². The van der Waals surface area contributed by atoms with Crippen molar-refractivity contribution in [3.05, 3.63) is 45.5 Å². The van der Waals surface area contributed by atoms with Crippen molar-refractivity contribution in [1.82, 2.24) is 0 Å². The summed E-state index contributed by atoms with van der Waals surface area (Å²) in [6.45, 7) is 6.54. The SMILES string of the molecule is CC1=C(C2CC2)[C@@H](C(C)(C)Oc2ccc([N+](=O)[O-])cc2)CC1. The van der Waals surface area contributed by atoms with Gasteiger partial charge in [-0.1, -0.05) is 11.1 Å². The smallest absolute Gasteiger partial charge is 0.269 e. The molecule has 0 spiro atoms. The maximum atomic E-state index is 10.7. The van der Waals surface area contributed by atoms with Crippen molar-refractivity contribution >= 4 is 5.69 Å². The number of non-ortho nitro benzene ring substituents is 1. The molecule has 0 aliphatic heterocycles. The highest BCUT2D eigenvalue weighted by Gasteiger charge is 2.43. The van der Waals surface area contributed by atoms with E-state index in [4.69, 9.17) is 4.74 Å². The molecule has 4 nitrogen and oxygen atoms in total.